The van der Waals surface area contributed by atoms with E-state index >= 15 is 0 Å². The van der Waals surface area contributed by atoms with Crippen LogP contribution in [0.1, 0.15) is 39.0 Å². The second-order valence-electron chi connectivity index (χ2n) is 5.96. The monoisotopic (exact) mass is 328 g/mol. The molecule has 0 saturated carbocycles. The van der Waals surface area contributed by atoms with E-state index in [0.717, 1.165) is 25.6 Å². The molecule has 0 aliphatic heterocycles. The van der Waals surface area contributed by atoms with E-state index in [-0.39, 0.29) is 18.2 Å². The lowest BCUT2D eigenvalue weighted by Crippen LogP contribution is -2.39. The zero-order valence-corrected chi connectivity index (χ0v) is 14.1. The number of carbonyl (C=O) groups is 1. The van der Waals surface area contributed by atoms with E-state index in [2.05, 4.69) is 0 Å². The van der Waals surface area contributed by atoms with Gasteiger partial charge in [-0.2, -0.15) is 0 Å². The lowest BCUT2D eigenvalue weighted by molar-refractivity contribution is -0.131. The molecular formula is C16H29FN4O2. The third-order valence-corrected chi connectivity index (χ3v) is 4.01. The molecule has 0 bridgehead atoms. The summed E-state index contributed by atoms with van der Waals surface area (Å²) in [6.45, 7) is 3.41. The number of allylic oxidation sites excluding steroid dienone is 2. The number of nitrogens with one attached hydrogen (secondary N) is 1. The van der Waals surface area contributed by atoms with Crippen molar-refractivity contribution in [2.75, 3.05) is 26.7 Å². The van der Waals surface area contributed by atoms with Crippen molar-refractivity contribution in [1.82, 2.24) is 9.91 Å². The molecule has 132 valence electrons. The molecule has 0 spiro atoms. The number of likely N-dealkylation sites (N-methyl/N-ethyl adjacent to an activating group) is 1. The van der Waals surface area contributed by atoms with E-state index in [1.54, 1.807) is 11.9 Å². The molecule has 1 rings (SSSR count). The molecule has 1 aliphatic rings. The molecule has 0 radical (unpaired) electrons. The number of hydrogen-bond acceptors (Lipinski definition) is 4. The first-order valence-electron chi connectivity index (χ1n) is 8.21. The molecule has 23 heavy (non-hydrogen) atoms. The summed E-state index contributed by atoms with van der Waals surface area (Å²) in [5, 5.41) is 8.19. The number of alkyl halides is 1. The Morgan fingerprint density at radius 1 is 1.57 bits per heavy atom. The van der Waals surface area contributed by atoms with Crippen LogP contribution in [0.2, 0.25) is 0 Å². The van der Waals surface area contributed by atoms with E-state index in [1.807, 2.05) is 6.92 Å². The van der Waals surface area contributed by atoms with Gasteiger partial charge in [0, 0.05) is 32.4 Å². The standard InChI is InChI=1S/C16H29FN4O2/c1-3-9-23-14-6-4-5-13(15(17)11-14)10-16(22)20(2)7-8-21(19)12-18/h11-13,15,18H,3-10,19H2,1-2H3. The number of ether oxygens (including phenoxy) is 1. The fourth-order valence-electron chi connectivity index (χ4n) is 2.50. The molecule has 2 atom stereocenters. The smallest absolute Gasteiger partial charge is 0.222 e. The molecule has 0 heterocycles. The van der Waals surface area contributed by atoms with Gasteiger partial charge in [0.1, 0.15) is 6.17 Å². The summed E-state index contributed by atoms with van der Waals surface area (Å²) < 4.78 is 19.9. The molecule has 7 heteroatoms. The number of rotatable bonds is 9. The Labute approximate surface area is 137 Å². The number of halogens is 1. The van der Waals surface area contributed by atoms with Crippen LogP contribution >= 0.6 is 0 Å². The lowest BCUT2D eigenvalue weighted by atomic mass is 9.95. The van der Waals surface area contributed by atoms with Crippen molar-refractivity contribution in [2.45, 2.75) is 45.2 Å². The van der Waals surface area contributed by atoms with Crippen molar-refractivity contribution >= 4 is 12.2 Å². The molecule has 0 aromatic heterocycles. The lowest BCUT2D eigenvalue weighted by Gasteiger charge is -2.23. The van der Waals surface area contributed by atoms with Gasteiger partial charge in [-0.3, -0.25) is 15.2 Å². The molecule has 0 aromatic carbocycles. The molecule has 1 amide bonds. The highest BCUT2D eigenvalue weighted by atomic mass is 19.1. The average Bonchev–Trinajstić information content (AvgIpc) is 2.71. The van der Waals surface area contributed by atoms with Gasteiger partial charge >= 0.3 is 0 Å². The van der Waals surface area contributed by atoms with Gasteiger partial charge in [0.15, 0.2) is 0 Å². The summed E-state index contributed by atoms with van der Waals surface area (Å²) in [6, 6.07) is 0. The predicted molar refractivity (Wildman–Crippen MR) is 88.5 cm³/mol. The van der Waals surface area contributed by atoms with E-state index < -0.39 is 6.17 Å². The zero-order valence-electron chi connectivity index (χ0n) is 14.1. The van der Waals surface area contributed by atoms with Crippen molar-refractivity contribution in [3.8, 4) is 0 Å². The molecule has 3 N–H and O–H groups in total. The minimum atomic E-state index is -1.14. The van der Waals surface area contributed by atoms with Crippen LogP contribution in [0.5, 0.6) is 0 Å². The number of hydrazine groups is 1. The summed E-state index contributed by atoms with van der Waals surface area (Å²) in [5.74, 6) is 5.79. The minimum absolute atomic E-state index is 0.0950. The molecule has 0 saturated heterocycles. The first kappa shape index (κ1) is 19.4. The molecule has 2 unspecified atom stereocenters. The summed E-state index contributed by atoms with van der Waals surface area (Å²) in [4.78, 5) is 13.8. The van der Waals surface area contributed by atoms with E-state index in [4.69, 9.17) is 16.0 Å². The van der Waals surface area contributed by atoms with Crippen LogP contribution in [0.4, 0.5) is 4.39 Å². The first-order valence-corrected chi connectivity index (χ1v) is 8.21. The Morgan fingerprint density at radius 2 is 2.30 bits per heavy atom. The maximum absolute atomic E-state index is 14.4. The van der Waals surface area contributed by atoms with Crippen LogP contribution in [-0.2, 0) is 9.53 Å². The fraction of sp³-hybridized carbons (Fsp3) is 0.750. The van der Waals surface area contributed by atoms with Crippen LogP contribution in [0, 0.1) is 11.3 Å². The topological polar surface area (TPSA) is 82.7 Å². The summed E-state index contributed by atoms with van der Waals surface area (Å²) in [5.41, 5.74) is 0. The Kier molecular flexibility index (Phi) is 8.61. The third-order valence-electron chi connectivity index (χ3n) is 4.01. The highest BCUT2D eigenvalue weighted by Crippen LogP contribution is 2.28. The van der Waals surface area contributed by atoms with E-state index in [0.29, 0.717) is 31.9 Å². The zero-order chi connectivity index (χ0) is 17.2. The molecule has 0 aromatic rings. The fourth-order valence-corrected chi connectivity index (χ4v) is 2.50. The Morgan fingerprint density at radius 3 is 2.96 bits per heavy atom. The second kappa shape index (κ2) is 10.2. The van der Waals surface area contributed by atoms with Crippen LogP contribution < -0.4 is 5.84 Å². The first-order chi connectivity index (χ1) is 11.0. The van der Waals surface area contributed by atoms with Crippen LogP contribution in [0.15, 0.2) is 11.8 Å². The highest BCUT2D eigenvalue weighted by Gasteiger charge is 2.26. The molecular weight excluding hydrogens is 299 g/mol. The van der Waals surface area contributed by atoms with E-state index in [1.165, 1.54) is 11.1 Å². The minimum Gasteiger partial charge on any atom is -0.498 e. The van der Waals surface area contributed by atoms with Gasteiger partial charge in [-0.1, -0.05) is 6.92 Å². The van der Waals surface area contributed by atoms with Gasteiger partial charge in [-0.05, 0) is 25.3 Å². The maximum atomic E-state index is 14.4. The van der Waals surface area contributed by atoms with Gasteiger partial charge in [0.05, 0.1) is 25.2 Å². The Hall–Kier alpha value is -1.63. The van der Waals surface area contributed by atoms with Crippen LogP contribution in [0.25, 0.3) is 0 Å². The Bertz CT molecular complexity index is 417. The molecule has 6 nitrogen and oxygen atoms in total. The number of nitrogens with zero attached hydrogens (tertiary/aromatic N) is 2. The van der Waals surface area contributed by atoms with Crippen LogP contribution in [-0.4, -0.2) is 55.1 Å². The summed E-state index contributed by atoms with van der Waals surface area (Å²) >= 11 is 0. The second-order valence-corrected chi connectivity index (χ2v) is 5.96. The van der Waals surface area contributed by atoms with Gasteiger partial charge < -0.3 is 9.64 Å². The largest absolute Gasteiger partial charge is 0.498 e. The van der Waals surface area contributed by atoms with Gasteiger partial charge in [0.25, 0.3) is 0 Å². The van der Waals surface area contributed by atoms with Gasteiger partial charge in [0.2, 0.25) is 5.91 Å². The van der Waals surface area contributed by atoms with Gasteiger partial charge in [-0.15, -0.1) is 0 Å². The molecule has 1 aliphatic carbocycles. The van der Waals surface area contributed by atoms with Crippen molar-refractivity contribution in [1.29, 1.82) is 5.41 Å². The number of hydrogen-bond donors (Lipinski definition) is 2. The van der Waals surface area contributed by atoms with Crippen molar-refractivity contribution < 1.29 is 13.9 Å². The number of carbonyl (C=O) groups excluding carboxylic acids is 1. The van der Waals surface area contributed by atoms with Crippen molar-refractivity contribution in [2.24, 2.45) is 11.8 Å². The Balaban J connectivity index is 2.50. The number of nitrogens with two attached hydrogens (primary N) is 1. The highest BCUT2D eigenvalue weighted by molar-refractivity contribution is 5.76. The van der Waals surface area contributed by atoms with Gasteiger partial charge in [-0.25, -0.2) is 10.2 Å². The summed E-state index contributed by atoms with van der Waals surface area (Å²) in [6.07, 6.45) is 4.74. The summed E-state index contributed by atoms with van der Waals surface area (Å²) in [7, 11) is 1.68. The average molecular weight is 328 g/mol. The third kappa shape index (κ3) is 6.99. The van der Waals surface area contributed by atoms with Crippen molar-refractivity contribution in [3.63, 3.8) is 0 Å². The van der Waals surface area contributed by atoms with E-state index in [9.17, 15) is 9.18 Å². The molecule has 0 fully saturated rings. The SMILES string of the molecule is CCCOC1=CC(F)C(CC(=O)N(C)CCN(N)C=N)CCC1. The normalized spacial score (nSPS) is 21.1. The number of amides is 1. The van der Waals surface area contributed by atoms with Crippen molar-refractivity contribution in [3.05, 3.63) is 11.8 Å². The maximum Gasteiger partial charge on any atom is 0.222 e. The quantitative estimate of drug-likeness (QED) is 0.294. The van der Waals surface area contributed by atoms with Crippen LogP contribution in [0.3, 0.4) is 0 Å². The predicted octanol–water partition coefficient (Wildman–Crippen LogP) is 2.07.